The van der Waals surface area contributed by atoms with Crippen LogP contribution in [-0.2, 0) is 0 Å². The van der Waals surface area contributed by atoms with Crippen LogP contribution in [-0.4, -0.2) is 0 Å². The highest BCUT2D eigenvalue weighted by Crippen LogP contribution is 2.38. The Hall–Kier alpha value is -7.10. The lowest BCUT2D eigenvalue weighted by Gasteiger charge is -2.26. The lowest BCUT2D eigenvalue weighted by molar-refractivity contribution is 1.28. The van der Waals surface area contributed by atoms with Crippen molar-refractivity contribution in [1.29, 1.82) is 0 Å². The highest BCUT2D eigenvalue weighted by atomic mass is 35.5. The van der Waals surface area contributed by atoms with Crippen LogP contribution in [0.25, 0.3) is 35.4 Å². The Bertz CT molecular complexity index is 2410. The molecule has 0 aromatic heterocycles. The van der Waals surface area contributed by atoms with Gasteiger partial charge in [-0.3, -0.25) is 0 Å². The molecule has 0 fully saturated rings. The Morgan fingerprint density at radius 1 is 0.217 bits per heavy atom. The first-order valence-electron chi connectivity index (χ1n) is 19.7. The Morgan fingerprint density at radius 3 is 0.717 bits per heavy atom. The third-order valence-electron chi connectivity index (χ3n) is 9.89. The molecule has 8 aromatic carbocycles. The molecule has 2 nitrogen and oxygen atoms in total. The van der Waals surface area contributed by atoms with Gasteiger partial charge in [-0.25, -0.2) is 0 Å². The number of para-hydroxylation sites is 2. The predicted molar refractivity (Wildman–Crippen MR) is 265 cm³/mol. The first-order chi connectivity index (χ1) is 28.8. The van der Waals surface area contributed by atoms with Gasteiger partial charge >= 0.3 is 0 Å². The van der Waals surface area contributed by atoms with Crippen molar-refractivity contribution in [2.24, 2.45) is 0 Å². The van der Waals surface area contributed by atoms with Crippen molar-refractivity contribution in [3.05, 3.63) is 265 Å². The van der Waals surface area contributed by atoms with E-state index in [0.29, 0.717) is 0 Å². The Balaban J connectivity index is 0.00000302. The molecule has 0 saturated carbocycles. The smallest absolute Gasteiger partial charge is 0.0462 e. The van der Waals surface area contributed by atoms with Gasteiger partial charge in [-0.2, -0.15) is 0 Å². The van der Waals surface area contributed by atoms with E-state index in [-0.39, 0.29) is 24.8 Å². The van der Waals surface area contributed by atoms with Crippen LogP contribution in [0.4, 0.5) is 34.1 Å². The standard InChI is InChI=1S/C56H44N2.2ClH/c1-5-17-45(18-6-1)21-13-15-23-47-29-37-53(38-30-47)57(51-25-9-3-10-26-51)55-41-33-49(34-42-55)50-35-43-56(44-36-50)58(52-27-11-4-12-28-52)54-39-31-48(32-40-54)24-16-14-22-46-19-7-2-8-20-46;;/h1-44H;2*1H. The molecule has 4 heteroatoms. The van der Waals surface area contributed by atoms with Gasteiger partial charge in [-0.05, 0) is 106 Å². The molecule has 0 amide bonds. The molecule has 0 N–H and O–H groups in total. The second-order valence-corrected chi connectivity index (χ2v) is 13.9. The van der Waals surface area contributed by atoms with Crippen LogP contribution in [0.5, 0.6) is 0 Å². The third kappa shape index (κ3) is 11.1. The van der Waals surface area contributed by atoms with Gasteiger partial charge in [0.05, 0.1) is 0 Å². The Kier molecular flexibility index (Phi) is 15.3. The predicted octanol–water partition coefficient (Wildman–Crippen LogP) is 16.6. The molecule has 0 atom stereocenters. The number of benzene rings is 8. The molecular formula is C56H46Cl2N2. The maximum Gasteiger partial charge on any atom is 0.0462 e. The van der Waals surface area contributed by atoms with Gasteiger partial charge in [0.1, 0.15) is 0 Å². The zero-order valence-electron chi connectivity index (χ0n) is 33.1. The molecule has 8 aromatic rings. The van der Waals surface area contributed by atoms with Gasteiger partial charge in [0.25, 0.3) is 0 Å². The average molecular weight is 818 g/mol. The summed E-state index contributed by atoms with van der Waals surface area (Å²) in [6.45, 7) is 0. The third-order valence-corrected chi connectivity index (χ3v) is 9.89. The summed E-state index contributed by atoms with van der Waals surface area (Å²) in [5.74, 6) is 0. The fourth-order valence-electron chi connectivity index (χ4n) is 6.92. The Labute approximate surface area is 367 Å². The minimum Gasteiger partial charge on any atom is -0.311 e. The first kappa shape index (κ1) is 42.5. The molecule has 0 saturated heterocycles. The quantitative estimate of drug-likeness (QED) is 0.107. The second-order valence-electron chi connectivity index (χ2n) is 13.9. The summed E-state index contributed by atoms with van der Waals surface area (Å²) in [6, 6.07) is 76.9. The van der Waals surface area contributed by atoms with Crippen LogP contribution in [0.3, 0.4) is 0 Å². The number of halogens is 2. The van der Waals surface area contributed by atoms with Gasteiger partial charge < -0.3 is 9.80 Å². The van der Waals surface area contributed by atoms with Crippen LogP contribution in [0.2, 0.25) is 0 Å². The van der Waals surface area contributed by atoms with E-state index < -0.39 is 0 Å². The fourth-order valence-corrected chi connectivity index (χ4v) is 6.92. The first-order valence-corrected chi connectivity index (χ1v) is 19.7. The number of hydrogen-bond donors (Lipinski definition) is 0. The summed E-state index contributed by atoms with van der Waals surface area (Å²) in [6.07, 6.45) is 16.8. The number of allylic oxidation sites excluding steroid dienone is 4. The Morgan fingerprint density at radius 2 is 0.433 bits per heavy atom. The molecule has 0 aliphatic carbocycles. The van der Waals surface area contributed by atoms with Gasteiger partial charge in [-0.1, -0.05) is 194 Å². The van der Waals surface area contributed by atoms with E-state index in [0.717, 1.165) is 56.4 Å². The maximum atomic E-state index is 2.30. The number of anilines is 6. The highest BCUT2D eigenvalue weighted by molar-refractivity contribution is 5.86. The van der Waals surface area contributed by atoms with Crippen molar-refractivity contribution in [1.82, 2.24) is 0 Å². The van der Waals surface area contributed by atoms with Crippen molar-refractivity contribution >= 4 is 83.2 Å². The second kappa shape index (κ2) is 21.6. The molecule has 0 bridgehead atoms. The molecule has 0 unspecified atom stereocenters. The summed E-state index contributed by atoms with van der Waals surface area (Å²) < 4.78 is 0. The minimum absolute atomic E-state index is 0. The lowest BCUT2D eigenvalue weighted by atomic mass is 10.0. The van der Waals surface area contributed by atoms with E-state index in [1.165, 1.54) is 11.1 Å². The molecular weight excluding hydrogens is 772 g/mol. The number of rotatable bonds is 13. The topological polar surface area (TPSA) is 6.48 Å². The normalized spacial score (nSPS) is 11.1. The summed E-state index contributed by atoms with van der Waals surface area (Å²) in [4.78, 5) is 4.60. The monoisotopic (exact) mass is 816 g/mol. The van der Waals surface area contributed by atoms with Crippen molar-refractivity contribution in [3.63, 3.8) is 0 Å². The number of hydrogen-bond acceptors (Lipinski definition) is 2. The fraction of sp³-hybridized carbons (Fsp3) is 0. The van der Waals surface area contributed by atoms with Crippen molar-refractivity contribution in [2.45, 2.75) is 0 Å². The van der Waals surface area contributed by atoms with Crippen molar-refractivity contribution < 1.29 is 0 Å². The summed E-state index contributed by atoms with van der Waals surface area (Å²) in [5, 5.41) is 0. The molecule has 294 valence electrons. The highest BCUT2D eigenvalue weighted by Gasteiger charge is 2.14. The van der Waals surface area contributed by atoms with Crippen LogP contribution in [0.15, 0.2) is 243 Å². The van der Waals surface area contributed by atoms with Gasteiger partial charge in [-0.15, -0.1) is 24.8 Å². The molecule has 60 heavy (non-hydrogen) atoms. The summed E-state index contributed by atoms with van der Waals surface area (Å²) in [7, 11) is 0. The summed E-state index contributed by atoms with van der Waals surface area (Å²) in [5.41, 5.74) is 13.6. The van der Waals surface area contributed by atoms with Crippen molar-refractivity contribution in [2.75, 3.05) is 9.80 Å². The van der Waals surface area contributed by atoms with E-state index in [1.807, 2.05) is 12.1 Å². The van der Waals surface area contributed by atoms with Crippen LogP contribution < -0.4 is 9.80 Å². The van der Waals surface area contributed by atoms with Crippen LogP contribution in [0, 0.1) is 0 Å². The van der Waals surface area contributed by atoms with Gasteiger partial charge in [0, 0.05) is 34.1 Å². The van der Waals surface area contributed by atoms with Gasteiger partial charge in [0.2, 0.25) is 0 Å². The molecule has 8 rings (SSSR count). The van der Waals surface area contributed by atoms with Gasteiger partial charge in [0.15, 0.2) is 0 Å². The van der Waals surface area contributed by atoms with E-state index in [4.69, 9.17) is 0 Å². The summed E-state index contributed by atoms with van der Waals surface area (Å²) >= 11 is 0. The zero-order chi connectivity index (χ0) is 39.2. The number of nitrogens with zero attached hydrogens (tertiary/aromatic N) is 2. The van der Waals surface area contributed by atoms with E-state index >= 15 is 0 Å². The van der Waals surface area contributed by atoms with Crippen LogP contribution in [0.1, 0.15) is 22.3 Å². The average Bonchev–Trinajstić information content (AvgIpc) is 3.30. The minimum atomic E-state index is 0. The van der Waals surface area contributed by atoms with E-state index in [1.54, 1.807) is 0 Å². The molecule has 0 aliphatic rings. The molecule has 0 spiro atoms. The SMILES string of the molecule is C(C=Cc1ccc(N(c2ccccc2)c2ccc(-c3ccc(N(c4ccccc4)c4ccc(C=CC=Cc5ccccc5)cc4)cc3)cc2)cc1)=Cc1ccccc1.Cl.Cl. The largest absolute Gasteiger partial charge is 0.311 e. The van der Waals surface area contributed by atoms with Crippen molar-refractivity contribution in [3.8, 4) is 11.1 Å². The molecule has 0 heterocycles. The van der Waals surface area contributed by atoms with E-state index in [2.05, 4.69) is 265 Å². The molecule has 0 radical (unpaired) electrons. The lowest BCUT2D eigenvalue weighted by Crippen LogP contribution is -2.10. The maximum absolute atomic E-state index is 2.30. The van der Waals surface area contributed by atoms with Crippen LogP contribution >= 0.6 is 24.8 Å². The zero-order valence-corrected chi connectivity index (χ0v) is 34.7. The molecule has 0 aliphatic heterocycles. The van der Waals surface area contributed by atoms with E-state index in [9.17, 15) is 0 Å².